The normalized spacial score (nSPS) is 10.1. The zero-order valence-corrected chi connectivity index (χ0v) is 10.7. The number of quaternary nitrogens is 1. The van der Waals surface area contributed by atoms with E-state index in [1.54, 1.807) is 0 Å². The fraction of sp³-hybridized carbons (Fsp3) is 0.727. The van der Waals surface area contributed by atoms with Gasteiger partial charge in [-0.2, -0.15) is 0 Å². The Balaban J connectivity index is 0. The van der Waals surface area contributed by atoms with Gasteiger partial charge in [-0.25, -0.2) is 0 Å². The smallest absolute Gasteiger partial charge is 0.140 e. The molecule has 0 aliphatic carbocycles. The molecular formula is C11H20BrNO. The van der Waals surface area contributed by atoms with Crippen LogP contribution in [0.2, 0.25) is 0 Å². The molecule has 14 heavy (non-hydrogen) atoms. The van der Waals surface area contributed by atoms with Crippen molar-refractivity contribution >= 4 is 6.29 Å². The first kappa shape index (κ1) is 16.1. The first-order chi connectivity index (χ1) is 6.12. The predicted octanol–water partition coefficient (Wildman–Crippen LogP) is -1.54. The number of carbonyl (C=O) groups excluding carboxylic acids is 1. The third kappa shape index (κ3) is 9.76. The highest BCUT2D eigenvalue weighted by molar-refractivity contribution is 5.48. The van der Waals surface area contributed by atoms with Gasteiger partial charge in [-0.05, 0) is 25.2 Å². The molecule has 0 aliphatic rings. The SMILES string of the molecule is C#CC[N+](C)(C)CCCCCC=O.[Br-]. The van der Waals surface area contributed by atoms with Crippen LogP contribution >= 0.6 is 0 Å². The van der Waals surface area contributed by atoms with E-state index in [2.05, 4.69) is 20.0 Å². The highest BCUT2D eigenvalue weighted by Gasteiger charge is 2.11. The van der Waals surface area contributed by atoms with Crippen LogP contribution in [0.3, 0.4) is 0 Å². The van der Waals surface area contributed by atoms with Gasteiger partial charge in [0.1, 0.15) is 12.8 Å². The van der Waals surface area contributed by atoms with Gasteiger partial charge in [0, 0.05) is 6.42 Å². The fourth-order valence-electron chi connectivity index (χ4n) is 1.27. The molecule has 0 N–H and O–H groups in total. The van der Waals surface area contributed by atoms with Crippen molar-refractivity contribution in [2.45, 2.75) is 25.7 Å². The summed E-state index contributed by atoms with van der Waals surface area (Å²) in [6.07, 6.45) is 10.2. The Morgan fingerprint density at radius 2 is 1.93 bits per heavy atom. The van der Waals surface area contributed by atoms with Crippen molar-refractivity contribution in [2.75, 3.05) is 27.2 Å². The summed E-state index contributed by atoms with van der Waals surface area (Å²) in [5.41, 5.74) is 0. The van der Waals surface area contributed by atoms with Gasteiger partial charge in [0.25, 0.3) is 0 Å². The Labute approximate surface area is 98.0 Å². The summed E-state index contributed by atoms with van der Waals surface area (Å²) in [7, 11) is 4.28. The average Bonchev–Trinajstić information content (AvgIpc) is 2.04. The van der Waals surface area contributed by atoms with Crippen LogP contribution in [-0.2, 0) is 4.79 Å². The summed E-state index contributed by atoms with van der Waals surface area (Å²) in [5.74, 6) is 2.68. The summed E-state index contributed by atoms with van der Waals surface area (Å²) in [5, 5.41) is 0. The van der Waals surface area contributed by atoms with Crippen molar-refractivity contribution in [2.24, 2.45) is 0 Å². The molecule has 0 fully saturated rings. The third-order valence-electron chi connectivity index (χ3n) is 2.10. The van der Waals surface area contributed by atoms with Gasteiger partial charge in [-0.15, -0.1) is 6.42 Å². The lowest BCUT2D eigenvalue weighted by Gasteiger charge is -2.27. The van der Waals surface area contributed by atoms with E-state index in [0.29, 0.717) is 6.42 Å². The van der Waals surface area contributed by atoms with Crippen LogP contribution in [0.15, 0.2) is 0 Å². The number of halogens is 1. The summed E-state index contributed by atoms with van der Waals surface area (Å²) in [6.45, 7) is 1.89. The molecule has 0 amide bonds. The molecule has 0 bridgehead atoms. The lowest BCUT2D eigenvalue weighted by Crippen LogP contribution is -3.00. The molecule has 0 saturated carbocycles. The Hall–Kier alpha value is -0.330. The van der Waals surface area contributed by atoms with Crippen molar-refractivity contribution in [1.82, 2.24) is 0 Å². The van der Waals surface area contributed by atoms with E-state index in [0.717, 1.165) is 43.1 Å². The van der Waals surface area contributed by atoms with Gasteiger partial charge in [-0.1, -0.05) is 0 Å². The molecule has 0 saturated heterocycles. The maximum absolute atomic E-state index is 10.0. The molecule has 0 atom stereocenters. The van der Waals surface area contributed by atoms with E-state index in [4.69, 9.17) is 6.42 Å². The first-order valence-electron chi connectivity index (χ1n) is 4.81. The summed E-state index contributed by atoms with van der Waals surface area (Å²) < 4.78 is 0.886. The van der Waals surface area contributed by atoms with E-state index >= 15 is 0 Å². The van der Waals surface area contributed by atoms with Crippen molar-refractivity contribution in [3.8, 4) is 12.3 Å². The molecule has 0 spiro atoms. The topological polar surface area (TPSA) is 17.1 Å². The lowest BCUT2D eigenvalue weighted by atomic mass is 10.2. The van der Waals surface area contributed by atoms with Gasteiger partial charge in [-0.3, -0.25) is 0 Å². The highest BCUT2D eigenvalue weighted by atomic mass is 79.9. The van der Waals surface area contributed by atoms with Crippen LogP contribution in [0.4, 0.5) is 0 Å². The number of carbonyl (C=O) groups is 1. The van der Waals surface area contributed by atoms with Crippen LogP contribution in [0.1, 0.15) is 25.7 Å². The van der Waals surface area contributed by atoms with Crippen LogP contribution < -0.4 is 17.0 Å². The average molecular weight is 262 g/mol. The standard InChI is InChI=1S/C11H20NO.BrH/c1-4-9-12(2,3)10-7-5-6-8-11-13;/h1,11H,5-10H2,2-3H3;1H/q+1;/p-1. The molecule has 0 heterocycles. The number of aldehydes is 1. The molecule has 0 rings (SSSR count). The van der Waals surface area contributed by atoms with E-state index in [1.807, 2.05) is 0 Å². The molecule has 0 aromatic carbocycles. The third-order valence-corrected chi connectivity index (χ3v) is 2.10. The van der Waals surface area contributed by atoms with Gasteiger partial charge in [0.2, 0.25) is 0 Å². The second kappa shape index (κ2) is 9.23. The van der Waals surface area contributed by atoms with E-state index < -0.39 is 0 Å². The van der Waals surface area contributed by atoms with Crippen LogP contribution in [0.5, 0.6) is 0 Å². The predicted molar refractivity (Wildman–Crippen MR) is 55.2 cm³/mol. The fourth-order valence-corrected chi connectivity index (χ4v) is 1.27. The minimum absolute atomic E-state index is 0. The second-order valence-electron chi connectivity index (χ2n) is 4.04. The number of hydrogen-bond acceptors (Lipinski definition) is 1. The quantitative estimate of drug-likeness (QED) is 0.235. The summed E-state index contributed by atoms with van der Waals surface area (Å²) >= 11 is 0. The number of hydrogen-bond donors (Lipinski definition) is 0. The minimum atomic E-state index is 0. The molecular weight excluding hydrogens is 242 g/mol. The molecule has 3 heteroatoms. The van der Waals surface area contributed by atoms with Gasteiger partial charge >= 0.3 is 0 Å². The Bertz CT molecular complexity index is 184. The monoisotopic (exact) mass is 261 g/mol. The number of rotatable bonds is 7. The van der Waals surface area contributed by atoms with Crippen molar-refractivity contribution in [1.29, 1.82) is 0 Å². The number of nitrogens with zero attached hydrogens (tertiary/aromatic N) is 1. The molecule has 0 radical (unpaired) electrons. The van der Waals surface area contributed by atoms with E-state index in [1.165, 1.54) is 0 Å². The van der Waals surface area contributed by atoms with Gasteiger partial charge in [0.05, 0.1) is 20.6 Å². The maximum Gasteiger partial charge on any atom is 0.140 e. The highest BCUT2D eigenvalue weighted by Crippen LogP contribution is 2.03. The second-order valence-corrected chi connectivity index (χ2v) is 4.04. The van der Waals surface area contributed by atoms with Crippen LogP contribution in [0.25, 0.3) is 0 Å². The first-order valence-corrected chi connectivity index (χ1v) is 4.81. The molecule has 0 aromatic rings. The Morgan fingerprint density at radius 3 is 2.43 bits per heavy atom. The zero-order chi connectivity index (χ0) is 10.2. The van der Waals surface area contributed by atoms with Gasteiger partial charge < -0.3 is 26.3 Å². The summed E-state index contributed by atoms with van der Waals surface area (Å²) in [4.78, 5) is 10.0. The van der Waals surface area contributed by atoms with Gasteiger partial charge in [0.15, 0.2) is 0 Å². The molecule has 82 valence electrons. The number of unbranched alkanes of at least 4 members (excludes halogenated alkanes) is 3. The minimum Gasteiger partial charge on any atom is -1.00 e. The lowest BCUT2D eigenvalue weighted by molar-refractivity contribution is -0.883. The summed E-state index contributed by atoms with van der Waals surface area (Å²) in [6, 6.07) is 0. The molecule has 0 aromatic heterocycles. The van der Waals surface area contributed by atoms with Crippen molar-refractivity contribution in [3.63, 3.8) is 0 Å². The van der Waals surface area contributed by atoms with Crippen LogP contribution in [0, 0.1) is 12.3 Å². The van der Waals surface area contributed by atoms with Crippen LogP contribution in [-0.4, -0.2) is 38.0 Å². The van der Waals surface area contributed by atoms with E-state index in [-0.39, 0.29) is 17.0 Å². The van der Waals surface area contributed by atoms with E-state index in [9.17, 15) is 4.79 Å². The largest absolute Gasteiger partial charge is 1.00 e. The van der Waals surface area contributed by atoms with Crippen molar-refractivity contribution in [3.05, 3.63) is 0 Å². The van der Waals surface area contributed by atoms with Crippen molar-refractivity contribution < 1.29 is 26.3 Å². The molecule has 0 aliphatic heterocycles. The number of terminal acetylenes is 1. The molecule has 0 unspecified atom stereocenters. The Kier molecular flexibility index (Phi) is 10.6. The maximum atomic E-state index is 10.0. The molecule has 2 nitrogen and oxygen atoms in total. The Morgan fingerprint density at radius 1 is 1.29 bits per heavy atom. The zero-order valence-electron chi connectivity index (χ0n) is 9.13.